The Labute approximate surface area is 211 Å². The number of hydrogen-bond acceptors (Lipinski definition) is 7. The predicted molar refractivity (Wildman–Crippen MR) is 131 cm³/mol. The highest BCUT2D eigenvalue weighted by molar-refractivity contribution is 5.97. The van der Waals surface area contributed by atoms with E-state index in [1.165, 1.54) is 19.3 Å². The van der Waals surface area contributed by atoms with Crippen molar-refractivity contribution in [1.82, 2.24) is 21.0 Å². The average molecular weight is 507 g/mol. The van der Waals surface area contributed by atoms with Gasteiger partial charge in [0, 0.05) is 24.4 Å². The number of aromatic nitrogens is 2. The van der Waals surface area contributed by atoms with E-state index in [-0.39, 0.29) is 35.2 Å². The fraction of sp³-hybridized carbons (Fsp3) is 0.154. The molecule has 0 radical (unpaired) electrons. The number of rotatable bonds is 8. The molecule has 0 saturated heterocycles. The minimum Gasteiger partial charge on any atom is -0.497 e. The number of hydrogen-bond donors (Lipinski definition) is 2. The van der Waals surface area contributed by atoms with Crippen LogP contribution in [0.5, 0.6) is 11.6 Å². The lowest BCUT2D eigenvalue weighted by Gasteiger charge is -2.10. The van der Waals surface area contributed by atoms with Crippen LogP contribution >= 0.6 is 0 Å². The highest BCUT2D eigenvalue weighted by atomic mass is 19.1. The van der Waals surface area contributed by atoms with E-state index in [2.05, 4.69) is 26.0 Å². The van der Waals surface area contributed by atoms with Crippen molar-refractivity contribution in [3.8, 4) is 22.9 Å². The largest absolute Gasteiger partial charge is 0.497 e. The zero-order valence-corrected chi connectivity index (χ0v) is 20.0. The standard InChI is InChI=1S/C26H23F2N5O4/c1-29-26(23-14-25(33-37-23)36-15-16-6-8-18(35-2)9-7-16)32-31-24(34)12-17-11-21(28)19(13-20(17)27)22-5-3-4-10-30-22/h3-11,13-14H,12,15H2,1-2H3,(H,29,32)(H,31,34). The Kier molecular flexibility index (Phi) is 8.04. The number of ether oxygens (including phenoxy) is 2. The lowest BCUT2D eigenvalue weighted by atomic mass is 10.0. The van der Waals surface area contributed by atoms with Gasteiger partial charge in [-0.05, 0) is 47.1 Å². The van der Waals surface area contributed by atoms with Gasteiger partial charge < -0.3 is 14.0 Å². The molecular formula is C26H23F2N5O4. The molecule has 0 aliphatic rings. The number of aliphatic imine (C=N–C) groups is 1. The molecule has 0 saturated carbocycles. The number of nitrogens with one attached hydrogen (secondary N) is 2. The molecule has 9 nitrogen and oxygen atoms in total. The molecule has 4 rings (SSSR count). The maximum Gasteiger partial charge on any atom is 0.255 e. The molecule has 0 atom stereocenters. The number of carbonyl (C=O) groups excluding carboxylic acids is 1. The Hall–Kier alpha value is -4.80. The Balaban J connectivity index is 1.32. The summed E-state index contributed by atoms with van der Waals surface area (Å²) in [6.45, 7) is 0.250. The third-order valence-electron chi connectivity index (χ3n) is 5.24. The van der Waals surface area contributed by atoms with Crippen LogP contribution in [0.3, 0.4) is 0 Å². The lowest BCUT2D eigenvalue weighted by Crippen LogP contribution is -2.42. The van der Waals surface area contributed by atoms with Crippen molar-refractivity contribution in [2.24, 2.45) is 4.99 Å². The smallest absolute Gasteiger partial charge is 0.255 e. The van der Waals surface area contributed by atoms with Gasteiger partial charge in [-0.3, -0.25) is 25.6 Å². The summed E-state index contributed by atoms with van der Waals surface area (Å²) in [7, 11) is 3.06. The summed E-state index contributed by atoms with van der Waals surface area (Å²) in [5.41, 5.74) is 6.08. The van der Waals surface area contributed by atoms with E-state index in [9.17, 15) is 13.6 Å². The Morgan fingerprint density at radius 1 is 1.05 bits per heavy atom. The summed E-state index contributed by atoms with van der Waals surface area (Å²) in [4.78, 5) is 20.4. The van der Waals surface area contributed by atoms with Crippen LogP contribution in [0.2, 0.25) is 0 Å². The number of amides is 1. The molecule has 2 aromatic carbocycles. The van der Waals surface area contributed by atoms with Crippen LogP contribution in [0.25, 0.3) is 11.3 Å². The first-order valence-electron chi connectivity index (χ1n) is 11.1. The van der Waals surface area contributed by atoms with E-state index in [1.54, 1.807) is 25.3 Å². The predicted octanol–water partition coefficient (Wildman–Crippen LogP) is 3.84. The third-order valence-corrected chi connectivity index (χ3v) is 5.24. The number of hydrazine groups is 1. The van der Waals surface area contributed by atoms with E-state index in [1.807, 2.05) is 24.3 Å². The molecule has 37 heavy (non-hydrogen) atoms. The zero-order valence-electron chi connectivity index (χ0n) is 20.0. The van der Waals surface area contributed by atoms with Gasteiger partial charge in [-0.15, -0.1) is 0 Å². The van der Waals surface area contributed by atoms with Gasteiger partial charge in [0.25, 0.3) is 5.88 Å². The van der Waals surface area contributed by atoms with Gasteiger partial charge in [-0.25, -0.2) is 8.78 Å². The van der Waals surface area contributed by atoms with Crippen LogP contribution < -0.4 is 20.3 Å². The number of carbonyl (C=O) groups is 1. The average Bonchev–Trinajstić information content (AvgIpc) is 3.39. The quantitative estimate of drug-likeness (QED) is 0.212. The molecule has 0 bridgehead atoms. The van der Waals surface area contributed by atoms with E-state index in [4.69, 9.17) is 14.0 Å². The van der Waals surface area contributed by atoms with E-state index < -0.39 is 24.0 Å². The number of nitrogens with zero attached hydrogens (tertiary/aromatic N) is 3. The minimum atomic E-state index is -0.726. The van der Waals surface area contributed by atoms with Crippen LogP contribution in [0, 0.1) is 11.6 Å². The van der Waals surface area contributed by atoms with Gasteiger partial charge in [0.2, 0.25) is 11.7 Å². The molecule has 0 aliphatic heterocycles. The highest BCUT2D eigenvalue weighted by Crippen LogP contribution is 2.24. The van der Waals surface area contributed by atoms with Crippen molar-refractivity contribution in [3.05, 3.63) is 95.4 Å². The summed E-state index contributed by atoms with van der Waals surface area (Å²) in [6, 6.07) is 15.8. The summed E-state index contributed by atoms with van der Waals surface area (Å²) < 4.78 is 45.1. The fourth-order valence-corrected chi connectivity index (χ4v) is 3.33. The topological polar surface area (TPSA) is 111 Å². The van der Waals surface area contributed by atoms with Gasteiger partial charge in [-0.1, -0.05) is 18.2 Å². The van der Waals surface area contributed by atoms with Gasteiger partial charge in [0.1, 0.15) is 24.0 Å². The molecule has 190 valence electrons. The second-order valence-corrected chi connectivity index (χ2v) is 7.73. The van der Waals surface area contributed by atoms with E-state index in [0.717, 1.165) is 23.4 Å². The summed E-state index contributed by atoms with van der Waals surface area (Å²) in [5.74, 6) is -0.738. The van der Waals surface area contributed by atoms with Crippen molar-refractivity contribution in [2.45, 2.75) is 13.0 Å². The molecule has 2 heterocycles. The van der Waals surface area contributed by atoms with Gasteiger partial charge in [-0.2, -0.15) is 0 Å². The van der Waals surface area contributed by atoms with Crippen LogP contribution in [-0.4, -0.2) is 36.0 Å². The number of pyridine rings is 1. The van der Waals surface area contributed by atoms with Crippen molar-refractivity contribution in [3.63, 3.8) is 0 Å². The maximum atomic E-state index is 14.6. The van der Waals surface area contributed by atoms with E-state index in [0.29, 0.717) is 5.69 Å². The van der Waals surface area contributed by atoms with Gasteiger partial charge in [0.05, 0.1) is 25.3 Å². The molecule has 0 unspecified atom stereocenters. The molecule has 4 aromatic rings. The molecule has 1 amide bonds. The van der Waals surface area contributed by atoms with Gasteiger partial charge in [0.15, 0.2) is 5.84 Å². The fourth-order valence-electron chi connectivity index (χ4n) is 3.33. The second kappa shape index (κ2) is 11.8. The molecule has 2 N–H and O–H groups in total. The normalized spacial score (nSPS) is 11.2. The number of benzene rings is 2. The molecule has 2 aromatic heterocycles. The molecule has 0 aliphatic carbocycles. The van der Waals surface area contributed by atoms with Gasteiger partial charge >= 0.3 is 0 Å². The molecule has 0 spiro atoms. The SMILES string of the molecule is CN=C(NNC(=O)Cc1cc(F)c(-c2ccccn2)cc1F)c1cc(OCc2ccc(OC)cc2)no1. The maximum absolute atomic E-state index is 14.6. The number of methoxy groups -OCH3 is 1. The second-order valence-electron chi connectivity index (χ2n) is 7.73. The van der Waals surface area contributed by atoms with Crippen LogP contribution in [0.1, 0.15) is 16.9 Å². The Morgan fingerprint density at radius 3 is 2.57 bits per heavy atom. The van der Waals surface area contributed by atoms with Crippen LogP contribution in [0.15, 0.2) is 76.4 Å². The van der Waals surface area contributed by atoms with Crippen molar-refractivity contribution >= 4 is 11.7 Å². The number of halogens is 2. The third kappa shape index (κ3) is 6.45. The molecule has 0 fully saturated rings. The summed E-state index contributed by atoms with van der Waals surface area (Å²) in [6.07, 6.45) is 1.07. The Bertz CT molecular complexity index is 1390. The van der Waals surface area contributed by atoms with Crippen molar-refractivity contribution in [1.29, 1.82) is 0 Å². The van der Waals surface area contributed by atoms with Crippen molar-refractivity contribution in [2.75, 3.05) is 14.2 Å². The lowest BCUT2D eigenvalue weighted by molar-refractivity contribution is -0.121. The van der Waals surface area contributed by atoms with Crippen LogP contribution in [0.4, 0.5) is 8.78 Å². The monoisotopic (exact) mass is 507 g/mol. The first-order chi connectivity index (χ1) is 18.0. The van der Waals surface area contributed by atoms with Crippen LogP contribution in [-0.2, 0) is 17.8 Å². The Morgan fingerprint density at radius 2 is 1.86 bits per heavy atom. The summed E-state index contributed by atoms with van der Waals surface area (Å²) >= 11 is 0. The number of amidine groups is 1. The molecular weight excluding hydrogens is 484 g/mol. The first kappa shape index (κ1) is 25.3. The zero-order chi connectivity index (χ0) is 26.2. The van der Waals surface area contributed by atoms with Crippen molar-refractivity contribution < 1.29 is 27.6 Å². The van der Waals surface area contributed by atoms with E-state index >= 15 is 0 Å². The molecule has 11 heteroatoms. The first-order valence-corrected chi connectivity index (χ1v) is 11.1. The highest BCUT2D eigenvalue weighted by Gasteiger charge is 2.17. The summed E-state index contributed by atoms with van der Waals surface area (Å²) in [5, 5.41) is 3.83. The minimum absolute atomic E-state index is 0.0103.